The maximum Gasteiger partial charge on any atom is 0.254 e. The predicted octanol–water partition coefficient (Wildman–Crippen LogP) is 3.06. The van der Waals surface area contributed by atoms with Crippen LogP contribution in [0.3, 0.4) is 0 Å². The quantitative estimate of drug-likeness (QED) is 0.801. The summed E-state index contributed by atoms with van der Waals surface area (Å²) in [4.78, 5) is 14.6. The third kappa shape index (κ3) is 5.05. The van der Waals surface area contributed by atoms with Gasteiger partial charge in [-0.25, -0.2) is 0 Å². The summed E-state index contributed by atoms with van der Waals surface area (Å²) in [5.41, 5.74) is 6.33. The fourth-order valence-corrected chi connectivity index (χ4v) is 2.46. The number of rotatable bonds is 8. The van der Waals surface area contributed by atoms with Crippen LogP contribution in [0.25, 0.3) is 0 Å². The smallest absolute Gasteiger partial charge is 0.254 e. The summed E-state index contributed by atoms with van der Waals surface area (Å²) >= 11 is 0. The van der Waals surface area contributed by atoms with E-state index in [1.165, 1.54) is 0 Å². The highest BCUT2D eigenvalue weighted by Crippen LogP contribution is 2.18. The maximum atomic E-state index is 12.7. The molecular weight excluding hydrogens is 264 g/mol. The SMILES string of the molecule is CCC(CC)N(CCN)C(=O)c1cccc(OC(C)C)c1. The summed E-state index contributed by atoms with van der Waals surface area (Å²) in [5, 5.41) is 0. The van der Waals surface area contributed by atoms with Crippen molar-refractivity contribution in [2.75, 3.05) is 13.1 Å². The molecule has 0 aliphatic carbocycles. The van der Waals surface area contributed by atoms with E-state index in [1.54, 1.807) is 0 Å². The summed E-state index contributed by atoms with van der Waals surface area (Å²) in [7, 11) is 0. The van der Waals surface area contributed by atoms with Gasteiger partial charge in [-0.05, 0) is 44.9 Å². The van der Waals surface area contributed by atoms with Crippen LogP contribution in [0.2, 0.25) is 0 Å². The molecular formula is C17H28N2O2. The average molecular weight is 292 g/mol. The normalized spacial score (nSPS) is 11.0. The first-order chi connectivity index (χ1) is 10.0. The highest BCUT2D eigenvalue weighted by Gasteiger charge is 2.22. The summed E-state index contributed by atoms with van der Waals surface area (Å²) in [6, 6.07) is 7.62. The Labute approximate surface area is 128 Å². The van der Waals surface area contributed by atoms with Crippen molar-refractivity contribution < 1.29 is 9.53 Å². The lowest BCUT2D eigenvalue weighted by molar-refractivity contribution is 0.0673. The number of nitrogens with two attached hydrogens (primary N) is 1. The number of benzene rings is 1. The zero-order valence-corrected chi connectivity index (χ0v) is 13.6. The first kappa shape index (κ1) is 17.5. The van der Waals surface area contributed by atoms with Crippen LogP contribution < -0.4 is 10.5 Å². The van der Waals surface area contributed by atoms with E-state index in [2.05, 4.69) is 13.8 Å². The summed E-state index contributed by atoms with van der Waals surface area (Å²) < 4.78 is 5.66. The van der Waals surface area contributed by atoms with E-state index in [9.17, 15) is 4.79 Å². The van der Waals surface area contributed by atoms with E-state index >= 15 is 0 Å². The molecule has 0 heterocycles. The molecule has 0 fully saturated rings. The Bertz CT molecular complexity index is 442. The van der Waals surface area contributed by atoms with Crippen LogP contribution in [0, 0.1) is 0 Å². The molecule has 0 atom stereocenters. The van der Waals surface area contributed by atoms with Crippen molar-refractivity contribution in [1.29, 1.82) is 0 Å². The molecule has 1 aromatic rings. The van der Waals surface area contributed by atoms with Crippen molar-refractivity contribution in [2.24, 2.45) is 5.73 Å². The van der Waals surface area contributed by atoms with Crippen molar-refractivity contribution in [1.82, 2.24) is 4.90 Å². The molecule has 0 radical (unpaired) electrons. The summed E-state index contributed by atoms with van der Waals surface area (Å²) in [6.45, 7) is 9.20. The van der Waals surface area contributed by atoms with Gasteiger partial charge in [0.1, 0.15) is 5.75 Å². The molecule has 1 amide bonds. The number of ether oxygens (including phenoxy) is 1. The molecule has 0 spiro atoms. The van der Waals surface area contributed by atoms with E-state index in [-0.39, 0.29) is 18.1 Å². The van der Waals surface area contributed by atoms with Gasteiger partial charge in [-0.1, -0.05) is 19.9 Å². The second-order valence-corrected chi connectivity index (χ2v) is 5.45. The Balaban J connectivity index is 2.97. The van der Waals surface area contributed by atoms with Crippen molar-refractivity contribution in [3.05, 3.63) is 29.8 Å². The highest BCUT2D eigenvalue weighted by atomic mass is 16.5. The number of nitrogens with zero attached hydrogens (tertiary/aromatic N) is 1. The maximum absolute atomic E-state index is 12.7. The average Bonchev–Trinajstić information content (AvgIpc) is 2.46. The van der Waals surface area contributed by atoms with Crippen LogP contribution in [0.15, 0.2) is 24.3 Å². The lowest BCUT2D eigenvalue weighted by Gasteiger charge is -2.30. The van der Waals surface area contributed by atoms with E-state index in [1.807, 2.05) is 43.0 Å². The second kappa shape index (κ2) is 8.67. The fourth-order valence-electron chi connectivity index (χ4n) is 2.46. The van der Waals surface area contributed by atoms with Gasteiger partial charge in [0, 0.05) is 24.7 Å². The Kier molecular flexibility index (Phi) is 7.23. The molecule has 0 unspecified atom stereocenters. The Hall–Kier alpha value is -1.55. The lowest BCUT2D eigenvalue weighted by Crippen LogP contribution is -2.42. The first-order valence-corrected chi connectivity index (χ1v) is 7.81. The Morgan fingerprint density at radius 3 is 2.48 bits per heavy atom. The van der Waals surface area contributed by atoms with Gasteiger partial charge in [0.05, 0.1) is 6.10 Å². The number of amides is 1. The monoisotopic (exact) mass is 292 g/mol. The molecule has 118 valence electrons. The minimum absolute atomic E-state index is 0.0309. The van der Waals surface area contributed by atoms with E-state index in [4.69, 9.17) is 10.5 Å². The molecule has 0 aromatic heterocycles. The van der Waals surface area contributed by atoms with Crippen molar-refractivity contribution in [3.8, 4) is 5.75 Å². The highest BCUT2D eigenvalue weighted by molar-refractivity contribution is 5.94. The van der Waals surface area contributed by atoms with Crippen LogP contribution >= 0.6 is 0 Å². The molecule has 0 aliphatic heterocycles. The number of carbonyl (C=O) groups excluding carboxylic acids is 1. The van der Waals surface area contributed by atoms with E-state index in [0.29, 0.717) is 18.7 Å². The lowest BCUT2D eigenvalue weighted by atomic mass is 10.1. The van der Waals surface area contributed by atoms with Gasteiger partial charge < -0.3 is 15.4 Å². The van der Waals surface area contributed by atoms with Crippen LogP contribution in [0.5, 0.6) is 5.75 Å². The molecule has 1 aromatic carbocycles. The van der Waals surface area contributed by atoms with Gasteiger partial charge in [0.15, 0.2) is 0 Å². The van der Waals surface area contributed by atoms with Crippen LogP contribution in [-0.2, 0) is 0 Å². The molecule has 0 saturated carbocycles. The predicted molar refractivity (Wildman–Crippen MR) is 86.7 cm³/mol. The van der Waals surface area contributed by atoms with Crippen LogP contribution in [0.1, 0.15) is 50.9 Å². The van der Waals surface area contributed by atoms with Crippen LogP contribution in [-0.4, -0.2) is 36.0 Å². The molecule has 4 nitrogen and oxygen atoms in total. The number of hydrogen-bond acceptors (Lipinski definition) is 3. The number of carbonyl (C=O) groups is 1. The zero-order valence-electron chi connectivity index (χ0n) is 13.6. The molecule has 2 N–H and O–H groups in total. The van der Waals surface area contributed by atoms with E-state index in [0.717, 1.165) is 18.6 Å². The first-order valence-electron chi connectivity index (χ1n) is 7.81. The second-order valence-electron chi connectivity index (χ2n) is 5.45. The molecule has 1 rings (SSSR count). The van der Waals surface area contributed by atoms with Crippen molar-refractivity contribution in [3.63, 3.8) is 0 Å². The van der Waals surface area contributed by atoms with Gasteiger partial charge in [0.2, 0.25) is 0 Å². The van der Waals surface area contributed by atoms with Crippen molar-refractivity contribution >= 4 is 5.91 Å². The summed E-state index contributed by atoms with van der Waals surface area (Å²) in [5.74, 6) is 0.761. The Morgan fingerprint density at radius 2 is 1.95 bits per heavy atom. The summed E-state index contributed by atoms with van der Waals surface area (Å²) in [6.07, 6.45) is 1.96. The number of hydrogen-bond donors (Lipinski definition) is 1. The fraction of sp³-hybridized carbons (Fsp3) is 0.588. The van der Waals surface area contributed by atoms with Gasteiger partial charge in [-0.2, -0.15) is 0 Å². The minimum atomic E-state index is 0.0309. The van der Waals surface area contributed by atoms with Gasteiger partial charge >= 0.3 is 0 Å². The zero-order chi connectivity index (χ0) is 15.8. The third-order valence-electron chi connectivity index (χ3n) is 3.47. The molecule has 0 bridgehead atoms. The topological polar surface area (TPSA) is 55.6 Å². The minimum Gasteiger partial charge on any atom is -0.491 e. The van der Waals surface area contributed by atoms with Gasteiger partial charge in [0.25, 0.3) is 5.91 Å². The molecule has 0 aliphatic rings. The Morgan fingerprint density at radius 1 is 1.29 bits per heavy atom. The van der Waals surface area contributed by atoms with Crippen molar-refractivity contribution in [2.45, 2.75) is 52.7 Å². The van der Waals surface area contributed by atoms with Gasteiger partial charge in [-0.3, -0.25) is 4.79 Å². The van der Waals surface area contributed by atoms with Crippen LogP contribution in [0.4, 0.5) is 0 Å². The molecule has 4 heteroatoms. The largest absolute Gasteiger partial charge is 0.491 e. The molecule has 0 saturated heterocycles. The standard InChI is InChI=1S/C17H28N2O2/c1-5-15(6-2)19(11-10-18)17(20)14-8-7-9-16(12-14)21-13(3)4/h7-9,12-13,15H,5-6,10-11,18H2,1-4H3. The third-order valence-corrected chi connectivity index (χ3v) is 3.47. The van der Waals surface area contributed by atoms with Gasteiger partial charge in [-0.15, -0.1) is 0 Å². The van der Waals surface area contributed by atoms with E-state index < -0.39 is 0 Å². The molecule has 21 heavy (non-hydrogen) atoms.